The number of hydrogen-bond donors (Lipinski definition) is 0. The van der Waals surface area contributed by atoms with Gasteiger partial charge < -0.3 is 4.74 Å². The van der Waals surface area contributed by atoms with Gasteiger partial charge in [0.15, 0.2) is 5.03 Å². The lowest BCUT2D eigenvalue weighted by Crippen LogP contribution is -2.07. The highest BCUT2D eigenvalue weighted by Gasteiger charge is 2.20. The smallest absolute Gasteiger partial charge is 0.225 e. The third-order valence-corrected chi connectivity index (χ3v) is 5.85. The summed E-state index contributed by atoms with van der Waals surface area (Å²) in [5.41, 5.74) is 1.91. The number of hydrogen-bond acceptors (Lipinski definition) is 6. The molecule has 2 aromatic carbocycles. The van der Waals surface area contributed by atoms with E-state index < -0.39 is 9.84 Å². The topological polar surface area (TPSA) is 87.0 Å². The van der Waals surface area contributed by atoms with Crippen LogP contribution >= 0.6 is 0 Å². The number of methoxy groups -OCH3 is 1. The van der Waals surface area contributed by atoms with E-state index in [4.69, 9.17) is 4.74 Å². The summed E-state index contributed by atoms with van der Waals surface area (Å²) in [4.78, 5) is 0.177. The van der Waals surface area contributed by atoms with Gasteiger partial charge in [-0.15, -0.1) is 10.2 Å². The molecule has 0 saturated carbocycles. The summed E-state index contributed by atoms with van der Waals surface area (Å²) >= 11 is 0. The van der Waals surface area contributed by atoms with E-state index >= 15 is 0 Å². The van der Waals surface area contributed by atoms with Crippen LogP contribution in [0, 0.1) is 0 Å². The third kappa shape index (κ3) is 3.14. The monoisotopic (exact) mass is 392 g/mol. The van der Waals surface area contributed by atoms with Crippen LogP contribution in [-0.2, 0) is 9.84 Å². The number of sulfone groups is 1. The first-order valence-corrected chi connectivity index (χ1v) is 9.91. The molecule has 0 aliphatic carbocycles. The molecule has 0 spiro atoms. The van der Waals surface area contributed by atoms with Gasteiger partial charge in [-0.3, -0.25) is 0 Å². The fourth-order valence-corrected chi connectivity index (χ4v) is 3.97. The maximum Gasteiger partial charge on any atom is 0.225 e. The van der Waals surface area contributed by atoms with Crippen molar-refractivity contribution >= 4 is 9.84 Å². The van der Waals surface area contributed by atoms with Crippen molar-refractivity contribution < 1.29 is 13.2 Å². The van der Waals surface area contributed by atoms with Crippen molar-refractivity contribution in [2.45, 2.75) is 9.92 Å². The lowest BCUT2D eigenvalue weighted by Gasteiger charge is -2.11. The van der Waals surface area contributed by atoms with Crippen molar-refractivity contribution in [1.82, 2.24) is 20.0 Å². The molecule has 2 aromatic heterocycles. The van der Waals surface area contributed by atoms with Gasteiger partial charge >= 0.3 is 0 Å². The molecule has 28 heavy (non-hydrogen) atoms. The highest BCUT2D eigenvalue weighted by molar-refractivity contribution is 7.91. The first-order valence-electron chi connectivity index (χ1n) is 8.43. The lowest BCUT2D eigenvalue weighted by molar-refractivity contribution is 0.412. The quantitative estimate of drug-likeness (QED) is 0.518. The maximum absolute atomic E-state index is 12.7. The van der Waals surface area contributed by atoms with Crippen LogP contribution in [0.15, 0.2) is 88.9 Å². The van der Waals surface area contributed by atoms with Crippen LogP contribution in [0.1, 0.15) is 0 Å². The molecule has 4 aromatic rings. The highest BCUT2D eigenvalue weighted by Crippen LogP contribution is 2.27. The molecular formula is C20H16N4O3S. The Morgan fingerprint density at radius 1 is 0.857 bits per heavy atom. The zero-order chi connectivity index (χ0) is 19.6. The second kappa shape index (κ2) is 7.24. The average Bonchev–Trinajstić information content (AvgIpc) is 3.24. The van der Waals surface area contributed by atoms with Gasteiger partial charge in [0.1, 0.15) is 17.1 Å². The molecule has 2 heterocycles. The van der Waals surface area contributed by atoms with Crippen LogP contribution in [0.3, 0.4) is 0 Å². The first kappa shape index (κ1) is 17.9. The SMILES string of the molecule is COc1ccccc1-n1nccc1-c1ccc(S(=O)(=O)c2ccccc2)nn1. The predicted molar refractivity (Wildman–Crippen MR) is 103 cm³/mol. The van der Waals surface area contributed by atoms with Gasteiger partial charge in [0.25, 0.3) is 0 Å². The number of benzene rings is 2. The highest BCUT2D eigenvalue weighted by atomic mass is 32.2. The molecule has 0 atom stereocenters. The molecule has 0 amide bonds. The van der Waals surface area contributed by atoms with Crippen LogP contribution in [0.5, 0.6) is 5.75 Å². The summed E-state index contributed by atoms with van der Waals surface area (Å²) in [6, 6.07) is 20.5. The Kier molecular flexibility index (Phi) is 4.62. The number of aromatic nitrogens is 4. The van der Waals surface area contributed by atoms with Crippen LogP contribution < -0.4 is 4.74 Å². The number of rotatable bonds is 5. The van der Waals surface area contributed by atoms with E-state index in [1.54, 1.807) is 48.3 Å². The summed E-state index contributed by atoms with van der Waals surface area (Å²) < 4.78 is 32.4. The molecule has 0 fully saturated rings. The Bertz CT molecular complexity index is 1200. The fourth-order valence-electron chi connectivity index (χ4n) is 2.81. The summed E-state index contributed by atoms with van der Waals surface area (Å²) in [5.74, 6) is 0.656. The largest absolute Gasteiger partial charge is 0.494 e. The van der Waals surface area contributed by atoms with Crippen molar-refractivity contribution in [3.63, 3.8) is 0 Å². The van der Waals surface area contributed by atoms with Crippen LogP contribution in [-0.4, -0.2) is 35.5 Å². The van der Waals surface area contributed by atoms with Gasteiger partial charge in [-0.2, -0.15) is 5.10 Å². The van der Waals surface area contributed by atoms with E-state index in [1.807, 2.05) is 24.3 Å². The van der Waals surface area contributed by atoms with Gasteiger partial charge in [0.2, 0.25) is 9.84 Å². The minimum absolute atomic E-state index is 0.106. The Hall–Kier alpha value is -3.52. The van der Waals surface area contributed by atoms with E-state index in [0.717, 1.165) is 5.69 Å². The maximum atomic E-state index is 12.7. The summed E-state index contributed by atoms with van der Waals surface area (Å²) in [5, 5.41) is 12.3. The Morgan fingerprint density at radius 2 is 1.61 bits per heavy atom. The molecule has 0 radical (unpaired) electrons. The zero-order valence-electron chi connectivity index (χ0n) is 14.9. The lowest BCUT2D eigenvalue weighted by atomic mass is 10.2. The first-order chi connectivity index (χ1) is 13.6. The van der Waals surface area contributed by atoms with E-state index in [2.05, 4.69) is 15.3 Å². The van der Waals surface area contributed by atoms with E-state index in [-0.39, 0.29) is 9.92 Å². The third-order valence-electron chi connectivity index (χ3n) is 4.19. The summed E-state index contributed by atoms with van der Waals surface area (Å²) in [6.45, 7) is 0. The molecular weight excluding hydrogens is 376 g/mol. The predicted octanol–water partition coefficient (Wildman–Crippen LogP) is 3.17. The Morgan fingerprint density at radius 3 is 2.32 bits per heavy atom. The molecule has 8 heteroatoms. The van der Waals surface area contributed by atoms with Gasteiger partial charge in [0, 0.05) is 0 Å². The van der Waals surface area contributed by atoms with Gasteiger partial charge in [0.05, 0.1) is 23.9 Å². The minimum atomic E-state index is -3.71. The van der Waals surface area contributed by atoms with Crippen molar-refractivity contribution in [1.29, 1.82) is 0 Å². The van der Waals surface area contributed by atoms with Crippen LogP contribution in [0.2, 0.25) is 0 Å². The van der Waals surface area contributed by atoms with Crippen LogP contribution in [0.25, 0.3) is 17.1 Å². The van der Waals surface area contributed by atoms with Crippen molar-refractivity contribution in [3.8, 4) is 22.8 Å². The number of para-hydroxylation sites is 2. The summed E-state index contributed by atoms with van der Waals surface area (Å²) in [6.07, 6.45) is 1.64. The number of nitrogens with zero attached hydrogens (tertiary/aromatic N) is 4. The van der Waals surface area contributed by atoms with E-state index in [0.29, 0.717) is 17.1 Å². The molecule has 0 bridgehead atoms. The number of ether oxygens (including phenoxy) is 1. The second-order valence-corrected chi connectivity index (χ2v) is 7.77. The molecule has 0 aliphatic rings. The van der Waals surface area contributed by atoms with E-state index in [9.17, 15) is 8.42 Å². The van der Waals surface area contributed by atoms with Gasteiger partial charge in [-0.05, 0) is 42.5 Å². The molecule has 0 unspecified atom stereocenters. The second-order valence-electron chi connectivity index (χ2n) is 5.87. The molecule has 0 N–H and O–H groups in total. The molecule has 140 valence electrons. The minimum Gasteiger partial charge on any atom is -0.494 e. The van der Waals surface area contributed by atoms with Crippen molar-refractivity contribution in [3.05, 3.63) is 79.0 Å². The van der Waals surface area contributed by atoms with Crippen molar-refractivity contribution in [2.75, 3.05) is 7.11 Å². The van der Waals surface area contributed by atoms with Crippen molar-refractivity contribution in [2.24, 2.45) is 0 Å². The molecule has 0 aliphatic heterocycles. The normalized spacial score (nSPS) is 11.3. The zero-order valence-corrected chi connectivity index (χ0v) is 15.7. The van der Waals surface area contributed by atoms with Crippen LogP contribution in [0.4, 0.5) is 0 Å². The standard InChI is InChI=1S/C20H16N4O3S/c1-27-19-10-6-5-9-18(19)24-17(13-14-21-24)16-11-12-20(23-22-16)28(25,26)15-7-3-2-4-8-15/h2-14H,1H3. The fraction of sp³-hybridized carbons (Fsp3) is 0.0500. The average molecular weight is 392 g/mol. The summed E-state index contributed by atoms with van der Waals surface area (Å²) in [7, 11) is -2.13. The molecule has 0 saturated heterocycles. The van der Waals surface area contributed by atoms with Gasteiger partial charge in [-0.25, -0.2) is 13.1 Å². The van der Waals surface area contributed by atoms with Gasteiger partial charge in [-0.1, -0.05) is 30.3 Å². The molecule has 7 nitrogen and oxygen atoms in total. The molecule has 4 rings (SSSR count). The Balaban J connectivity index is 1.73. The Labute approximate surface area is 162 Å². The van der Waals surface area contributed by atoms with E-state index in [1.165, 1.54) is 18.2 Å².